The molecule has 0 spiro atoms. The average Bonchev–Trinajstić information content (AvgIpc) is 2.30. The van der Waals surface area contributed by atoms with E-state index in [0.29, 0.717) is 18.7 Å². The second-order valence-electron chi connectivity index (χ2n) is 5.04. The first kappa shape index (κ1) is 14.5. The van der Waals surface area contributed by atoms with E-state index < -0.39 is 11.2 Å². The predicted molar refractivity (Wildman–Crippen MR) is 72.4 cm³/mol. The molecule has 0 atom stereocenters. The molecule has 1 aliphatic carbocycles. The van der Waals surface area contributed by atoms with Gasteiger partial charge in [-0.3, -0.25) is 14.6 Å². The molecule has 1 aliphatic rings. The first-order valence-corrected chi connectivity index (χ1v) is 6.83. The number of rotatable bonds is 6. The summed E-state index contributed by atoms with van der Waals surface area (Å²) >= 11 is 0. The van der Waals surface area contributed by atoms with E-state index in [1.807, 2.05) is 0 Å². The van der Waals surface area contributed by atoms with E-state index in [9.17, 15) is 14.4 Å². The number of hydrogen-bond donors (Lipinski definition) is 3. The Morgan fingerprint density at radius 3 is 2.65 bits per heavy atom. The highest BCUT2D eigenvalue weighted by atomic mass is 16.3. The summed E-state index contributed by atoms with van der Waals surface area (Å²) in [6.07, 6.45) is 3.59. The first-order chi connectivity index (χ1) is 9.60. The van der Waals surface area contributed by atoms with Crippen molar-refractivity contribution in [2.45, 2.75) is 38.1 Å². The van der Waals surface area contributed by atoms with Crippen LogP contribution in [-0.2, 0) is 11.2 Å². The van der Waals surface area contributed by atoms with Gasteiger partial charge >= 0.3 is 5.69 Å². The molecule has 0 saturated heterocycles. The van der Waals surface area contributed by atoms with Gasteiger partial charge in [-0.2, -0.15) is 0 Å². The van der Waals surface area contributed by atoms with Crippen LogP contribution in [-0.4, -0.2) is 45.1 Å². The van der Waals surface area contributed by atoms with Crippen molar-refractivity contribution in [1.29, 1.82) is 0 Å². The molecule has 7 heteroatoms. The van der Waals surface area contributed by atoms with Gasteiger partial charge in [0.25, 0.3) is 5.56 Å². The number of aliphatic hydroxyl groups is 1. The summed E-state index contributed by atoms with van der Waals surface area (Å²) in [6.45, 7) is 0.547. The summed E-state index contributed by atoms with van der Waals surface area (Å²) in [5.74, 6) is -0.121. The number of amides is 1. The molecule has 1 saturated carbocycles. The largest absolute Gasteiger partial charge is 0.396 e. The molecule has 1 amide bonds. The van der Waals surface area contributed by atoms with Crippen molar-refractivity contribution in [3.8, 4) is 0 Å². The molecular weight excluding hydrogens is 262 g/mol. The minimum absolute atomic E-state index is 0.00108. The van der Waals surface area contributed by atoms with Crippen molar-refractivity contribution >= 4 is 5.91 Å². The van der Waals surface area contributed by atoms with Gasteiger partial charge in [0.1, 0.15) is 0 Å². The normalized spacial score (nSPS) is 14.8. The smallest absolute Gasteiger partial charge is 0.325 e. The average molecular weight is 281 g/mol. The Hall–Kier alpha value is -1.89. The third kappa shape index (κ3) is 3.57. The van der Waals surface area contributed by atoms with Gasteiger partial charge in [-0.05, 0) is 25.7 Å². The Morgan fingerprint density at radius 2 is 2.10 bits per heavy atom. The highest BCUT2D eigenvalue weighted by molar-refractivity contribution is 5.78. The van der Waals surface area contributed by atoms with Crippen LogP contribution in [0.25, 0.3) is 0 Å². The molecule has 2 rings (SSSR count). The fourth-order valence-corrected chi connectivity index (χ4v) is 2.33. The van der Waals surface area contributed by atoms with Crippen molar-refractivity contribution < 1.29 is 9.90 Å². The van der Waals surface area contributed by atoms with E-state index in [0.717, 1.165) is 19.3 Å². The summed E-state index contributed by atoms with van der Waals surface area (Å²) in [5, 5.41) is 8.90. The van der Waals surface area contributed by atoms with E-state index in [-0.39, 0.29) is 25.0 Å². The Labute approximate surface area is 115 Å². The van der Waals surface area contributed by atoms with Crippen molar-refractivity contribution in [1.82, 2.24) is 14.9 Å². The number of nitrogens with zero attached hydrogens (tertiary/aromatic N) is 1. The van der Waals surface area contributed by atoms with Crippen LogP contribution < -0.4 is 11.2 Å². The second kappa shape index (κ2) is 6.51. The molecule has 7 nitrogen and oxygen atoms in total. The maximum Gasteiger partial charge on any atom is 0.325 e. The summed E-state index contributed by atoms with van der Waals surface area (Å²) in [4.78, 5) is 40.9. The lowest BCUT2D eigenvalue weighted by Gasteiger charge is -2.37. The van der Waals surface area contributed by atoms with Gasteiger partial charge in [0, 0.05) is 31.0 Å². The molecule has 20 heavy (non-hydrogen) atoms. The van der Waals surface area contributed by atoms with Crippen LogP contribution >= 0.6 is 0 Å². The molecule has 0 aromatic carbocycles. The molecule has 1 aromatic rings. The summed E-state index contributed by atoms with van der Waals surface area (Å²) in [7, 11) is 0. The molecule has 1 aromatic heterocycles. The zero-order chi connectivity index (χ0) is 14.5. The Morgan fingerprint density at radius 1 is 1.35 bits per heavy atom. The third-order valence-electron chi connectivity index (χ3n) is 3.55. The first-order valence-electron chi connectivity index (χ1n) is 6.83. The quantitative estimate of drug-likeness (QED) is 0.645. The fraction of sp³-hybridized carbons (Fsp3) is 0.615. The van der Waals surface area contributed by atoms with Crippen molar-refractivity contribution in [3.05, 3.63) is 32.6 Å². The van der Waals surface area contributed by atoms with Gasteiger partial charge in [0.15, 0.2) is 0 Å². The lowest BCUT2D eigenvalue weighted by Crippen LogP contribution is -2.46. The van der Waals surface area contributed by atoms with Crippen LogP contribution in [0.1, 0.15) is 31.4 Å². The maximum absolute atomic E-state index is 12.3. The van der Waals surface area contributed by atoms with Crippen LogP contribution in [0.4, 0.5) is 0 Å². The zero-order valence-corrected chi connectivity index (χ0v) is 11.2. The predicted octanol–water partition coefficient (Wildman–Crippen LogP) is -0.631. The van der Waals surface area contributed by atoms with Crippen LogP contribution in [0.2, 0.25) is 0 Å². The van der Waals surface area contributed by atoms with Gasteiger partial charge < -0.3 is 15.0 Å². The molecule has 0 aliphatic heterocycles. The lowest BCUT2D eigenvalue weighted by molar-refractivity contribution is -0.134. The number of aromatic amines is 2. The minimum Gasteiger partial charge on any atom is -0.396 e. The van der Waals surface area contributed by atoms with Gasteiger partial charge in [0.05, 0.1) is 6.42 Å². The number of aliphatic hydroxyl groups excluding tert-OH is 1. The van der Waals surface area contributed by atoms with Crippen molar-refractivity contribution in [3.63, 3.8) is 0 Å². The summed E-state index contributed by atoms with van der Waals surface area (Å²) in [5.41, 5.74) is -0.801. The Kier molecular flexibility index (Phi) is 4.73. The van der Waals surface area contributed by atoms with E-state index in [4.69, 9.17) is 5.11 Å². The number of nitrogens with one attached hydrogen (secondary N) is 2. The van der Waals surface area contributed by atoms with E-state index in [1.165, 1.54) is 6.07 Å². The van der Waals surface area contributed by atoms with E-state index in [2.05, 4.69) is 9.97 Å². The molecule has 1 fully saturated rings. The third-order valence-corrected chi connectivity index (χ3v) is 3.55. The van der Waals surface area contributed by atoms with Gasteiger partial charge in [0.2, 0.25) is 5.91 Å². The van der Waals surface area contributed by atoms with Crippen molar-refractivity contribution in [2.75, 3.05) is 13.2 Å². The highest BCUT2D eigenvalue weighted by Gasteiger charge is 2.28. The SMILES string of the molecule is O=C(Cc1cc(=O)[nH]c(=O)[nH]1)N(CCCO)C1CCC1. The second-order valence-corrected chi connectivity index (χ2v) is 5.04. The van der Waals surface area contributed by atoms with E-state index >= 15 is 0 Å². The lowest BCUT2D eigenvalue weighted by atomic mass is 9.91. The maximum atomic E-state index is 12.3. The van der Waals surface area contributed by atoms with Crippen LogP contribution in [0, 0.1) is 0 Å². The molecular formula is C13H19N3O4. The number of H-pyrrole nitrogens is 2. The molecule has 0 unspecified atom stereocenters. The standard InChI is InChI=1S/C13H19N3O4/c17-6-2-5-16(10-3-1-4-10)12(19)8-9-7-11(18)15-13(20)14-9/h7,10,17H,1-6,8H2,(H2,14,15,18,20). The van der Waals surface area contributed by atoms with E-state index in [1.54, 1.807) is 4.90 Å². The van der Waals surface area contributed by atoms with Crippen molar-refractivity contribution in [2.24, 2.45) is 0 Å². The van der Waals surface area contributed by atoms with Gasteiger partial charge in [-0.25, -0.2) is 4.79 Å². The molecule has 0 bridgehead atoms. The van der Waals surface area contributed by atoms with Gasteiger partial charge in [-0.15, -0.1) is 0 Å². The zero-order valence-electron chi connectivity index (χ0n) is 11.2. The molecule has 1 heterocycles. The van der Waals surface area contributed by atoms with Crippen LogP contribution in [0.15, 0.2) is 15.7 Å². The fourth-order valence-electron chi connectivity index (χ4n) is 2.33. The van der Waals surface area contributed by atoms with Crippen LogP contribution in [0.3, 0.4) is 0 Å². The summed E-state index contributed by atoms with van der Waals surface area (Å²) in [6, 6.07) is 1.45. The topological polar surface area (TPSA) is 106 Å². The van der Waals surface area contributed by atoms with Gasteiger partial charge in [-0.1, -0.05) is 0 Å². The number of carbonyl (C=O) groups excluding carboxylic acids is 1. The summed E-state index contributed by atoms with van der Waals surface area (Å²) < 4.78 is 0. The Balaban J connectivity index is 2.06. The Bertz CT molecular complexity index is 545. The van der Waals surface area contributed by atoms with Crippen LogP contribution in [0.5, 0.6) is 0 Å². The highest BCUT2D eigenvalue weighted by Crippen LogP contribution is 2.25. The molecule has 3 N–H and O–H groups in total. The number of carbonyl (C=O) groups is 1. The monoisotopic (exact) mass is 281 g/mol. The minimum atomic E-state index is -0.606. The number of aromatic nitrogens is 2. The number of hydrogen-bond acceptors (Lipinski definition) is 4. The molecule has 0 radical (unpaired) electrons. The molecule has 110 valence electrons.